The number of hydrogen-bond acceptors (Lipinski definition) is 9. The monoisotopic (exact) mass is 730 g/mol. The Bertz CT molecular complexity index is 1900. The Labute approximate surface area is 274 Å². The summed E-state index contributed by atoms with van der Waals surface area (Å²) in [5, 5.41) is 16.1. The first-order valence-corrected chi connectivity index (χ1v) is 15.2. The van der Waals surface area contributed by atoms with Crippen molar-refractivity contribution in [3.63, 3.8) is 0 Å². The van der Waals surface area contributed by atoms with Crippen LogP contribution >= 0.6 is 11.8 Å². The molecule has 1 fully saturated rings. The van der Waals surface area contributed by atoms with Crippen molar-refractivity contribution in [2.75, 3.05) is 51.8 Å². The van der Waals surface area contributed by atoms with E-state index in [0.717, 1.165) is 28.7 Å². The van der Waals surface area contributed by atoms with Crippen molar-refractivity contribution in [3.05, 3.63) is 64.0 Å². The lowest BCUT2D eigenvalue weighted by molar-refractivity contribution is -0.890. The van der Waals surface area contributed by atoms with Crippen LogP contribution in [0.5, 0.6) is 5.75 Å². The number of ether oxygens (including phenoxy) is 1. The summed E-state index contributed by atoms with van der Waals surface area (Å²) < 4.78 is 30.6. The SMILES string of the molecule is Cc1ccc(-c2nnc(CSc3n[nH]c(-c4cn5c6c(c(N7CC[N+](C)(C)CC7)c(F)cc6c4=O)OC[C@@H]5C)n3)o2)cc1.[I-]. The summed E-state index contributed by atoms with van der Waals surface area (Å²) in [5.41, 5.74) is 3.02. The van der Waals surface area contributed by atoms with Gasteiger partial charge < -0.3 is 47.1 Å². The summed E-state index contributed by atoms with van der Waals surface area (Å²) in [7, 11) is 4.35. The second-order valence-corrected chi connectivity index (χ2v) is 12.8. The molecule has 3 aromatic heterocycles. The van der Waals surface area contributed by atoms with E-state index < -0.39 is 5.82 Å². The van der Waals surface area contributed by atoms with Crippen molar-refractivity contribution >= 4 is 28.4 Å². The first kappa shape index (κ1) is 30.5. The minimum atomic E-state index is -0.455. The Kier molecular flexibility index (Phi) is 8.17. The number of rotatable bonds is 6. The Hall–Kier alpha value is -3.50. The van der Waals surface area contributed by atoms with Crippen molar-refractivity contribution in [2.45, 2.75) is 30.8 Å². The Morgan fingerprint density at radius 3 is 2.66 bits per heavy atom. The van der Waals surface area contributed by atoms with Gasteiger partial charge in [0.05, 0.1) is 68.5 Å². The maximum Gasteiger partial charge on any atom is 0.247 e. The first-order chi connectivity index (χ1) is 20.7. The lowest BCUT2D eigenvalue weighted by atomic mass is 10.0. The molecule has 0 saturated carbocycles. The number of aromatic nitrogens is 6. The van der Waals surface area contributed by atoms with Crippen LogP contribution in [0.1, 0.15) is 24.4 Å². The minimum Gasteiger partial charge on any atom is -1.00 e. The van der Waals surface area contributed by atoms with E-state index in [1.165, 1.54) is 17.8 Å². The fraction of sp³-hybridized carbons (Fsp3) is 0.367. The van der Waals surface area contributed by atoms with Crippen LogP contribution in [0.2, 0.25) is 0 Å². The molecule has 0 radical (unpaired) electrons. The number of nitrogens with one attached hydrogen (secondary N) is 1. The second-order valence-electron chi connectivity index (χ2n) is 11.9. The quantitative estimate of drug-likeness (QED) is 0.158. The maximum atomic E-state index is 15.8. The van der Waals surface area contributed by atoms with Gasteiger partial charge in [-0.05, 0) is 32.0 Å². The predicted molar refractivity (Wildman–Crippen MR) is 162 cm³/mol. The molecule has 11 nitrogen and oxygen atoms in total. The van der Waals surface area contributed by atoms with Crippen LogP contribution in [-0.4, -0.2) is 81.3 Å². The molecule has 5 aromatic rings. The van der Waals surface area contributed by atoms with E-state index >= 15 is 4.39 Å². The number of aryl methyl sites for hydroxylation is 1. The fourth-order valence-electron chi connectivity index (χ4n) is 5.59. The molecule has 0 aliphatic carbocycles. The van der Waals surface area contributed by atoms with Crippen LogP contribution in [0, 0.1) is 12.7 Å². The zero-order valence-electron chi connectivity index (χ0n) is 24.8. The highest BCUT2D eigenvalue weighted by Crippen LogP contribution is 2.42. The summed E-state index contributed by atoms with van der Waals surface area (Å²) in [6.45, 7) is 7.60. The van der Waals surface area contributed by atoms with Gasteiger partial charge in [-0.15, -0.1) is 15.3 Å². The second kappa shape index (κ2) is 11.8. The molecule has 5 heterocycles. The van der Waals surface area contributed by atoms with Crippen molar-refractivity contribution < 1.29 is 42.0 Å². The predicted octanol–water partition coefficient (Wildman–Crippen LogP) is 1.43. The summed E-state index contributed by atoms with van der Waals surface area (Å²) >= 11 is 1.31. The molecule has 1 N–H and O–H groups in total. The lowest BCUT2D eigenvalue weighted by Gasteiger charge is -2.41. The fourth-order valence-corrected chi connectivity index (χ4v) is 6.22. The van der Waals surface area contributed by atoms with Gasteiger partial charge in [0.2, 0.25) is 22.4 Å². The van der Waals surface area contributed by atoms with Crippen LogP contribution in [0.25, 0.3) is 33.7 Å². The zero-order chi connectivity index (χ0) is 29.9. The molecule has 1 atom stereocenters. The molecule has 2 aliphatic rings. The number of quaternary nitrogens is 1. The van der Waals surface area contributed by atoms with Crippen LogP contribution in [0.15, 0.2) is 50.9 Å². The molecule has 0 bridgehead atoms. The van der Waals surface area contributed by atoms with E-state index in [1.54, 1.807) is 6.20 Å². The van der Waals surface area contributed by atoms with Crippen LogP contribution in [-0.2, 0) is 5.75 Å². The molecule has 2 aliphatic heterocycles. The molecule has 230 valence electrons. The third kappa shape index (κ3) is 5.58. The number of benzene rings is 2. The normalized spacial score (nSPS) is 17.4. The molecule has 44 heavy (non-hydrogen) atoms. The average Bonchev–Trinajstić information content (AvgIpc) is 3.66. The third-order valence-corrected chi connectivity index (χ3v) is 9.05. The molecule has 1 saturated heterocycles. The van der Waals surface area contributed by atoms with Gasteiger partial charge in [0.25, 0.3) is 0 Å². The van der Waals surface area contributed by atoms with Gasteiger partial charge in [-0.1, -0.05) is 29.5 Å². The number of H-pyrrole nitrogens is 1. The minimum absolute atomic E-state index is 0. The van der Waals surface area contributed by atoms with Gasteiger partial charge in [0.15, 0.2) is 17.4 Å². The first-order valence-electron chi connectivity index (χ1n) is 14.2. The molecule has 14 heteroatoms. The van der Waals surface area contributed by atoms with Crippen molar-refractivity contribution in [1.29, 1.82) is 0 Å². The third-order valence-electron chi connectivity index (χ3n) is 8.22. The highest BCUT2D eigenvalue weighted by molar-refractivity contribution is 7.98. The standard InChI is InChI=1S/C30H32FN8O3S.HI/c1-17-5-7-19(8-6-17)29-35-33-23(42-29)16-43-30-32-28(34-36-30)21-14-38-18(2)15-41-27-24(38)20(26(21)40)13-22(31)25(27)37-9-11-39(3,4)12-10-37;/h5-8,13-14,18H,9-12,15-16H2,1-4H3,(H,32,34,36);1H/q+1;/p-1/t18-;/m0./s1. The molecule has 7 rings (SSSR count). The number of likely N-dealkylation sites (N-methyl/N-ethyl adjacent to an activating group) is 1. The van der Waals surface area contributed by atoms with E-state index in [9.17, 15) is 4.79 Å². The van der Waals surface area contributed by atoms with Gasteiger partial charge in [-0.2, -0.15) is 0 Å². The van der Waals surface area contributed by atoms with Crippen LogP contribution < -0.4 is 39.0 Å². The summed E-state index contributed by atoms with van der Waals surface area (Å²) in [6.07, 6.45) is 1.78. The van der Waals surface area contributed by atoms with E-state index in [1.807, 2.05) is 47.6 Å². The highest BCUT2D eigenvalue weighted by atomic mass is 127. The van der Waals surface area contributed by atoms with Gasteiger partial charge in [0.1, 0.15) is 12.3 Å². The molecular formula is C30H32FIN8O3S. The number of anilines is 1. The van der Waals surface area contributed by atoms with Crippen LogP contribution in [0.4, 0.5) is 10.1 Å². The average molecular weight is 731 g/mol. The maximum absolute atomic E-state index is 15.8. The Balaban J connectivity index is 0.00000343. The Morgan fingerprint density at radius 1 is 1.16 bits per heavy atom. The van der Waals surface area contributed by atoms with E-state index in [2.05, 4.69) is 39.5 Å². The summed E-state index contributed by atoms with van der Waals surface area (Å²) in [5.74, 6) is 1.53. The van der Waals surface area contributed by atoms with Gasteiger partial charge >= 0.3 is 0 Å². The summed E-state index contributed by atoms with van der Waals surface area (Å²) in [4.78, 5) is 20.4. The highest BCUT2D eigenvalue weighted by Gasteiger charge is 2.33. The van der Waals surface area contributed by atoms with Crippen molar-refractivity contribution in [2.24, 2.45) is 0 Å². The lowest BCUT2D eigenvalue weighted by Crippen LogP contribution is -3.00. The smallest absolute Gasteiger partial charge is 0.247 e. The van der Waals surface area contributed by atoms with Gasteiger partial charge in [0, 0.05) is 11.8 Å². The van der Waals surface area contributed by atoms with Crippen molar-refractivity contribution in [3.8, 4) is 28.6 Å². The largest absolute Gasteiger partial charge is 1.00 e. The molecule has 0 unspecified atom stereocenters. The number of halogens is 2. The number of hydrogen-bond donors (Lipinski definition) is 1. The number of pyridine rings is 1. The Morgan fingerprint density at radius 2 is 1.91 bits per heavy atom. The number of thioether (sulfide) groups is 1. The zero-order valence-corrected chi connectivity index (χ0v) is 27.8. The van der Waals surface area contributed by atoms with E-state index in [4.69, 9.17) is 9.15 Å². The molecule has 0 amide bonds. The van der Waals surface area contributed by atoms with E-state index in [-0.39, 0.29) is 40.8 Å². The summed E-state index contributed by atoms with van der Waals surface area (Å²) in [6, 6.07) is 9.13. The topological polar surface area (TPSA) is 115 Å². The molecular weight excluding hydrogens is 698 g/mol. The number of nitrogens with zero attached hydrogens (tertiary/aromatic N) is 7. The van der Waals surface area contributed by atoms with Gasteiger partial charge in [-0.25, -0.2) is 9.37 Å². The van der Waals surface area contributed by atoms with E-state index in [0.29, 0.717) is 70.7 Å². The number of piperazine rings is 1. The molecule has 2 aromatic carbocycles. The van der Waals surface area contributed by atoms with Gasteiger partial charge in [-0.3, -0.25) is 9.89 Å². The molecule has 0 spiro atoms. The van der Waals surface area contributed by atoms with Crippen molar-refractivity contribution in [1.82, 2.24) is 29.9 Å². The van der Waals surface area contributed by atoms with Crippen LogP contribution in [0.3, 0.4) is 0 Å². The number of aromatic amines is 1.